The Morgan fingerprint density at radius 3 is 2.45 bits per heavy atom. The Hall–Kier alpha value is -3.19. The summed E-state index contributed by atoms with van der Waals surface area (Å²) in [6.45, 7) is 1.97. The Kier molecular flexibility index (Phi) is 4.84. The summed E-state index contributed by atoms with van der Waals surface area (Å²) in [4.78, 5) is 19.6. The van der Waals surface area contributed by atoms with E-state index in [1.165, 1.54) is 29.5 Å². The van der Waals surface area contributed by atoms with Gasteiger partial charge in [-0.1, -0.05) is 30.3 Å². The highest BCUT2D eigenvalue weighted by Gasteiger charge is 2.33. The summed E-state index contributed by atoms with van der Waals surface area (Å²) in [5.74, 6) is -0.616. The molecule has 1 amide bonds. The predicted molar refractivity (Wildman–Crippen MR) is 109 cm³/mol. The lowest BCUT2D eigenvalue weighted by molar-refractivity contribution is -0.136. The number of amides is 1. The normalized spacial score (nSPS) is 11.6. The first-order valence-electron chi connectivity index (χ1n) is 8.77. The third-order valence-electron chi connectivity index (χ3n) is 4.43. The van der Waals surface area contributed by atoms with E-state index in [2.05, 4.69) is 10.3 Å². The second kappa shape index (κ2) is 7.33. The molecular weight excluding hydrogens is 397 g/mol. The van der Waals surface area contributed by atoms with Crippen LogP contribution in [0.15, 0.2) is 66.7 Å². The van der Waals surface area contributed by atoms with Gasteiger partial charge in [-0.3, -0.25) is 4.79 Å². The van der Waals surface area contributed by atoms with Gasteiger partial charge in [-0.15, -0.1) is 11.3 Å². The summed E-state index contributed by atoms with van der Waals surface area (Å²) >= 11 is 1.54. The number of benzene rings is 2. The van der Waals surface area contributed by atoms with Crippen molar-refractivity contribution in [3.63, 3.8) is 0 Å². The highest BCUT2D eigenvalue weighted by Crippen LogP contribution is 2.35. The first kappa shape index (κ1) is 19.1. The van der Waals surface area contributed by atoms with E-state index >= 15 is 0 Å². The van der Waals surface area contributed by atoms with Crippen molar-refractivity contribution in [2.75, 3.05) is 5.32 Å². The van der Waals surface area contributed by atoms with Gasteiger partial charge in [0.1, 0.15) is 0 Å². The molecule has 2 aromatic heterocycles. The van der Waals surface area contributed by atoms with E-state index in [1.54, 1.807) is 30.3 Å². The molecule has 0 spiro atoms. The molecule has 0 aliphatic rings. The van der Waals surface area contributed by atoms with Crippen LogP contribution < -0.4 is 5.32 Å². The van der Waals surface area contributed by atoms with Crippen molar-refractivity contribution in [1.29, 1.82) is 0 Å². The maximum Gasteiger partial charge on any atom is 0.418 e. The van der Waals surface area contributed by atoms with Crippen LogP contribution in [0, 0.1) is 6.92 Å². The van der Waals surface area contributed by atoms with Crippen molar-refractivity contribution in [3.8, 4) is 10.6 Å². The molecule has 0 aliphatic heterocycles. The quantitative estimate of drug-likeness (QED) is 0.415. The fraction of sp³-hybridized carbons (Fsp3) is 0.0909. The molecule has 0 fully saturated rings. The predicted octanol–water partition coefficient (Wildman–Crippen LogP) is 6.54. The fourth-order valence-corrected chi connectivity index (χ4v) is 3.92. The van der Waals surface area contributed by atoms with Crippen LogP contribution in [0.4, 0.5) is 18.9 Å². The number of nitrogens with one attached hydrogen (secondary N) is 1. The number of pyridine rings is 1. The molecule has 146 valence electrons. The van der Waals surface area contributed by atoms with Gasteiger partial charge in [-0.25, -0.2) is 4.98 Å². The van der Waals surface area contributed by atoms with Gasteiger partial charge >= 0.3 is 6.18 Å². The number of halogens is 3. The number of nitrogens with zero attached hydrogens (tertiary/aromatic N) is 1. The number of hydrogen-bond acceptors (Lipinski definition) is 3. The number of aryl methyl sites for hydroxylation is 1. The zero-order chi connectivity index (χ0) is 20.6. The molecule has 1 N–H and O–H groups in total. The summed E-state index contributed by atoms with van der Waals surface area (Å²) in [5.41, 5.74) is 0.315. The van der Waals surface area contributed by atoms with E-state index in [9.17, 15) is 18.0 Å². The van der Waals surface area contributed by atoms with Crippen molar-refractivity contribution in [2.24, 2.45) is 0 Å². The number of rotatable bonds is 3. The molecule has 29 heavy (non-hydrogen) atoms. The third kappa shape index (κ3) is 3.86. The van der Waals surface area contributed by atoms with Crippen molar-refractivity contribution in [3.05, 3.63) is 82.7 Å². The van der Waals surface area contributed by atoms with Crippen molar-refractivity contribution < 1.29 is 18.0 Å². The molecule has 2 aromatic carbocycles. The third-order valence-corrected chi connectivity index (χ3v) is 5.46. The minimum absolute atomic E-state index is 0.272. The van der Waals surface area contributed by atoms with Crippen LogP contribution in [0.25, 0.3) is 21.5 Å². The number of aromatic nitrogens is 1. The highest BCUT2D eigenvalue weighted by molar-refractivity contribution is 7.15. The Labute approximate surface area is 168 Å². The average Bonchev–Trinajstić information content (AvgIpc) is 3.13. The lowest BCUT2D eigenvalue weighted by Crippen LogP contribution is -2.17. The maximum atomic E-state index is 13.3. The number of carbonyl (C=O) groups is 1. The fourth-order valence-electron chi connectivity index (χ4n) is 3.09. The van der Waals surface area contributed by atoms with E-state index in [0.717, 1.165) is 15.8 Å². The van der Waals surface area contributed by atoms with Crippen molar-refractivity contribution in [2.45, 2.75) is 13.1 Å². The van der Waals surface area contributed by atoms with Gasteiger partial charge in [0.05, 0.1) is 32.9 Å². The topological polar surface area (TPSA) is 42.0 Å². The molecule has 0 saturated heterocycles. The van der Waals surface area contributed by atoms with Crippen LogP contribution in [0.5, 0.6) is 0 Å². The molecule has 3 nitrogen and oxygen atoms in total. The standard InChI is InChI=1S/C22H15F3N2OS/c1-13-10-11-20(29-13)19-12-15(14-6-2-4-8-17(14)26-19)21(28)27-18-9-5-3-7-16(18)22(23,24)25/h2-12H,1H3,(H,27,28). The summed E-state index contributed by atoms with van der Waals surface area (Å²) in [7, 11) is 0. The van der Waals surface area contributed by atoms with Crippen LogP contribution >= 0.6 is 11.3 Å². The lowest BCUT2D eigenvalue weighted by atomic mass is 10.1. The average molecular weight is 412 g/mol. The number of fused-ring (bicyclic) bond motifs is 1. The molecule has 4 rings (SSSR count). The Morgan fingerprint density at radius 1 is 1.00 bits per heavy atom. The molecule has 7 heteroatoms. The Balaban J connectivity index is 1.80. The molecule has 4 aromatic rings. The largest absolute Gasteiger partial charge is 0.418 e. The molecule has 0 aliphatic carbocycles. The van der Waals surface area contributed by atoms with Gasteiger partial charge in [0.25, 0.3) is 5.91 Å². The number of alkyl halides is 3. The van der Waals surface area contributed by atoms with Gasteiger partial charge in [-0.05, 0) is 43.3 Å². The van der Waals surface area contributed by atoms with Crippen molar-refractivity contribution >= 4 is 33.8 Å². The zero-order valence-corrected chi connectivity index (χ0v) is 16.1. The maximum absolute atomic E-state index is 13.3. The summed E-state index contributed by atoms with van der Waals surface area (Å²) in [5, 5.41) is 3.00. The molecule has 0 bridgehead atoms. The molecule has 0 atom stereocenters. The molecule has 0 radical (unpaired) electrons. The SMILES string of the molecule is Cc1ccc(-c2cc(C(=O)Nc3ccccc3C(F)(F)F)c3ccccc3n2)s1. The smallest absolute Gasteiger partial charge is 0.321 e. The number of thiophene rings is 1. The Morgan fingerprint density at radius 2 is 1.72 bits per heavy atom. The molecule has 2 heterocycles. The second-order valence-corrected chi connectivity index (χ2v) is 7.77. The van der Waals surface area contributed by atoms with Crippen LogP contribution in [0.1, 0.15) is 20.8 Å². The zero-order valence-electron chi connectivity index (χ0n) is 15.2. The highest BCUT2D eigenvalue weighted by atomic mass is 32.1. The van der Waals surface area contributed by atoms with E-state index in [4.69, 9.17) is 0 Å². The number of hydrogen-bond donors (Lipinski definition) is 1. The van der Waals surface area contributed by atoms with Crippen molar-refractivity contribution in [1.82, 2.24) is 4.98 Å². The summed E-state index contributed by atoms with van der Waals surface area (Å²) in [6, 6.07) is 17.5. The van der Waals surface area contributed by atoms with Crippen LogP contribution in [0.2, 0.25) is 0 Å². The summed E-state index contributed by atoms with van der Waals surface area (Å²) in [6.07, 6.45) is -4.57. The van der Waals surface area contributed by atoms with E-state index in [-0.39, 0.29) is 11.3 Å². The lowest BCUT2D eigenvalue weighted by Gasteiger charge is -2.14. The van der Waals surface area contributed by atoms with Gasteiger partial charge < -0.3 is 5.32 Å². The van der Waals surface area contributed by atoms with Crippen LogP contribution in [0.3, 0.4) is 0 Å². The molecule has 0 unspecified atom stereocenters. The molecular formula is C22H15F3N2OS. The number of para-hydroxylation sites is 2. The number of anilines is 1. The van der Waals surface area contributed by atoms with E-state index in [0.29, 0.717) is 16.6 Å². The van der Waals surface area contributed by atoms with Crippen LogP contribution in [-0.4, -0.2) is 10.9 Å². The summed E-state index contributed by atoms with van der Waals surface area (Å²) < 4.78 is 39.8. The second-order valence-electron chi connectivity index (χ2n) is 6.48. The minimum Gasteiger partial charge on any atom is -0.321 e. The van der Waals surface area contributed by atoms with Gasteiger partial charge in [0, 0.05) is 10.3 Å². The number of carbonyl (C=O) groups excluding carboxylic acids is 1. The van der Waals surface area contributed by atoms with E-state index < -0.39 is 17.6 Å². The Bertz CT molecular complexity index is 1210. The first-order chi connectivity index (χ1) is 13.8. The van der Waals surface area contributed by atoms with Crippen LogP contribution in [-0.2, 0) is 6.18 Å². The van der Waals surface area contributed by atoms with E-state index in [1.807, 2.05) is 19.1 Å². The van der Waals surface area contributed by atoms with Gasteiger partial charge in [-0.2, -0.15) is 13.2 Å². The first-order valence-corrected chi connectivity index (χ1v) is 9.59. The van der Waals surface area contributed by atoms with Gasteiger partial charge in [0.15, 0.2) is 0 Å². The molecule has 0 saturated carbocycles. The van der Waals surface area contributed by atoms with Gasteiger partial charge in [0.2, 0.25) is 0 Å². The monoisotopic (exact) mass is 412 g/mol. The minimum atomic E-state index is -4.57.